The van der Waals surface area contributed by atoms with E-state index in [9.17, 15) is 9.59 Å². The fourth-order valence-electron chi connectivity index (χ4n) is 1.38. The van der Waals surface area contributed by atoms with Crippen LogP contribution in [0.15, 0.2) is 9.59 Å². The van der Waals surface area contributed by atoms with Crippen molar-refractivity contribution in [2.75, 3.05) is 0 Å². The lowest BCUT2D eigenvalue weighted by molar-refractivity contribution is 0.930. The molecule has 0 spiro atoms. The third kappa shape index (κ3) is 1.01. The molecule has 2 heterocycles. The van der Waals surface area contributed by atoms with Crippen LogP contribution in [0, 0.1) is 0 Å². The van der Waals surface area contributed by atoms with Crippen LogP contribution >= 0.6 is 11.8 Å². The first-order chi connectivity index (χ1) is 5.68. The number of aromatic amines is 2. The maximum Gasteiger partial charge on any atom is 0.325 e. The summed E-state index contributed by atoms with van der Waals surface area (Å²) in [5, 5.41) is 0.195. The van der Waals surface area contributed by atoms with Crippen molar-refractivity contribution in [3.05, 3.63) is 32.1 Å². The van der Waals surface area contributed by atoms with Gasteiger partial charge in [-0.15, -0.1) is 11.8 Å². The zero-order valence-corrected chi connectivity index (χ0v) is 7.33. The number of hydrogen-bond acceptors (Lipinski definition) is 3. The van der Waals surface area contributed by atoms with Crippen molar-refractivity contribution >= 4 is 11.8 Å². The Balaban J connectivity index is 2.77. The van der Waals surface area contributed by atoms with Crippen molar-refractivity contribution in [2.24, 2.45) is 0 Å². The summed E-state index contributed by atoms with van der Waals surface area (Å²) < 4.78 is 0. The number of hydrogen-bond donors (Lipinski definition) is 2. The summed E-state index contributed by atoms with van der Waals surface area (Å²) in [6.45, 7) is 1.96. The minimum absolute atomic E-state index is 0.195. The summed E-state index contributed by atoms with van der Waals surface area (Å²) in [5.74, 6) is 0.732. The lowest BCUT2D eigenvalue weighted by atomic mass is 10.2. The van der Waals surface area contributed by atoms with Gasteiger partial charge < -0.3 is 4.98 Å². The Kier molecular flexibility index (Phi) is 1.61. The third-order valence-corrected chi connectivity index (χ3v) is 3.14. The molecule has 2 rings (SSSR count). The van der Waals surface area contributed by atoms with Gasteiger partial charge in [-0.3, -0.25) is 9.78 Å². The molecule has 1 aromatic rings. The van der Waals surface area contributed by atoms with Crippen molar-refractivity contribution in [1.82, 2.24) is 9.97 Å². The summed E-state index contributed by atoms with van der Waals surface area (Å²) in [6.07, 6.45) is 0. The van der Waals surface area contributed by atoms with E-state index in [-0.39, 0.29) is 10.8 Å². The minimum atomic E-state index is -0.409. The highest BCUT2D eigenvalue weighted by molar-refractivity contribution is 7.99. The third-order valence-electron chi connectivity index (χ3n) is 1.95. The van der Waals surface area contributed by atoms with E-state index in [1.807, 2.05) is 6.92 Å². The average Bonchev–Trinajstić information content (AvgIpc) is 2.31. The molecule has 64 valence electrons. The van der Waals surface area contributed by atoms with E-state index in [2.05, 4.69) is 9.97 Å². The van der Waals surface area contributed by atoms with Crippen molar-refractivity contribution in [3.8, 4) is 0 Å². The summed E-state index contributed by atoms with van der Waals surface area (Å²) in [7, 11) is 0. The monoisotopic (exact) mass is 184 g/mol. The summed E-state index contributed by atoms with van der Waals surface area (Å²) in [5.41, 5.74) is 0.848. The van der Waals surface area contributed by atoms with Gasteiger partial charge in [0.25, 0.3) is 5.56 Å². The number of fused-ring (bicyclic) bond motifs is 1. The van der Waals surface area contributed by atoms with Crippen LogP contribution in [0.2, 0.25) is 0 Å². The first-order valence-electron chi connectivity index (χ1n) is 3.65. The normalized spacial score (nSPS) is 20.9. The van der Waals surface area contributed by atoms with Gasteiger partial charge in [-0.2, -0.15) is 0 Å². The Morgan fingerprint density at radius 3 is 2.92 bits per heavy atom. The first-order valence-corrected chi connectivity index (χ1v) is 4.70. The molecule has 5 heteroatoms. The Morgan fingerprint density at radius 1 is 1.42 bits per heavy atom. The van der Waals surface area contributed by atoms with E-state index in [4.69, 9.17) is 0 Å². The zero-order chi connectivity index (χ0) is 8.72. The number of nitrogens with one attached hydrogen (secondary N) is 2. The highest BCUT2D eigenvalue weighted by atomic mass is 32.2. The number of H-pyrrole nitrogens is 2. The lowest BCUT2D eigenvalue weighted by Crippen LogP contribution is -2.26. The van der Waals surface area contributed by atoms with Crippen molar-refractivity contribution in [1.29, 1.82) is 0 Å². The molecule has 4 nitrogen and oxygen atoms in total. The molecule has 0 fully saturated rings. The molecular weight excluding hydrogens is 176 g/mol. The standard InChI is InChI=1S/C7H8N2O2S/c1-3-5-4(2-12-3)8-7(11)9-6(5)10/h3H,2H2,1H3,(H2,8,9,10,11). The average molecular weight is 184 g/mol. The fraction of sp³-hybridized carbons (Fsp3) is 0.429. The van der Waals surface area contributed by atoms with Crippen LogP contribution in [-0.4, -0.2) is 9.97 Å². The predicted molar refractivity (Wildman–Crippen MR) is 47.4 cm³/mol. The van der Waals surface area contributed by atoms with E-state index >= 15 is 0 Å². The molecule has 0 aliphatic carbocycles. The van der Waals surface area contributed by atoms with E-state index in [0.29, 0.717) is 0 Å². The molecule has 0 radical (unpaired) electrons. The second kappa shape index (κ2) is 2.52. The molecule has 1 aromatic heterocycles. The van der Waals surface area contributed by atoms with Crippen LogP contribution < -0.4 is 11.2 Å². The molecule has 2 N–H and O–H groups in total. The number of thioether (sulfide) groups is 1. The number of aromatic nitrogens is 2. The quantitative estimate of drug-likeness (QED) is 0.612. The van der Waals surface area contributed by atoms with Crippen LogP contribution in [0.4, 0.5) is 0 Å². The molecule has 1 unspecified atom stereocenters. The van der Waals surface area contributed by atoms with Gasteiger partial charge >= 0.3 is 5.69 Å². The van der Waals surface area contributed by atoms with E-state index in [1.165, 1.54) is 0 Å². The molecule has 0 saturated carbocycles. The van der Waals surface area contributed by atoms with Crippen molar-refractivity contribution in [2.45, 2.75) is 17.9 Å². The summed E-state index contributed by atoms with van der Waals surface area (Å²) >= 11 is 1.66. The van der Waals surface area contributed by atoms with Gasteiger partial charge in [-0.1, -0.05) is 0 Å². The molecule has 12 heavy (non-hydrogen) atoms. The summed E-state index contributed by atoms with van der Waals surface area (Å²) in [6, 6.07) is 0. The molecule has 0 aromatic carbocycles. The molecule has 0 bridgehead atoms. The van der Waals surface area contributed by atoms with E-state index in [0.717, 1.165) is 17.0 Å². The Labute approximate surface area is 72.4 Å². The van der Waals surface area contributed by atoms with Gasteiger partial charge in [0.1, 0.15) is 0 Å². The van der Waals surface area contributed by atoms with Crippen LogP contribution in [0.1, 0.15) is 23.4 Å². The number of rotatable bonds is 0. The summed E-state index contributed by atoms with van der Waals surface area (Å²) in [4.78, 5) is 26.9. The zero-order valence-electron chi connectivity index (χ0n) is 6.51. The van der Waals surface area contributed by atoms with Gasteiger partial charge in [0.2, 0.25) is 0 Å². The van der Waals surface area contributed by atoms with Gasteiger partial charge in [-0.25, -0.2) is 4.79 Å². The Hall–Kier alpha value is -0.970. The maximum atomic E-state index is 11.3. The van der Waals surface area contributed by atoms with Gasteiger partial charge in [0.15, 0.2) is 0 Å². The SMILES string of the molecule is CC1SCc2[nH]c(=O)[nH]c(=O)c21. The first kappa shape index (κ1) is 7.67. The Morgan fingerprint density at radius 2 is 2.17 bits per heavy atom. The second-order valence-electron chi connectivity index (χ2n) is 2.75. The van der Waals surface area contributed by atoms with E-state index < -0.39 is 5.69 Å². The molecule has 0 amide bonds. The smallest absolute Gasteiger partial charge is 0.310 e. The highest BCUT2D eigenvalue weighted by Crippen LogP contribution is 2.36. The molecule has 1 aliphatic heterocycles. The van der Waals surface area contributed by atoms with Crippen LogP contribution in [-0.2, 0) is 5.75 Å². The lowest BCUT2D eigenvalue weighted by Gasteiger charge is -1.98. The van der Waals surface area contributed by atoms with Gasteiger partial charge in [0, 0.05) is 16.7 Å². The van der Waals surface area contributed by atoms with Crippen LogP contribution in [0.25, 0.3) is 0 Å². The Bertz CT molecular complexity index is 420. The van der Waals surface area contributed by atoms with Crippen LogP contribution in [0.3, 0.4) is 0 Å². The fourth-order valence-corrected chi connectivity index (χ4v) is 2.44. The molecular formula is C7H8N2O2S. The van der Waals surface area contributed by atoms with Crippen molar-refractivity contribution < 1.29 is 0 Å². The highest BCUT2D eigenvalue weighted by Gasteiger charge is 2.23. The molecule has 1 atom stereocenters. The largest absolute Gasteiger partial charge is 0.325 e. The minimum Gasteiger partial charge on any atom is -0.310 e. The van der Waals surface area contributed by atoms with Gasteiger partial charge in [-0.05, 0) is 6.92 Å². The maximum absolute atomic E-state index is 11.3. The molecule has 0 saturated heterocycles. The van der Waals surface area contributed by atoms with Crippen molar-refractivity contribution in [3.63, 3.8) is 0 Å². The van der Waals surface area contributed by atoms with Crippen LogP contribution in [0.5, 0.6) is 0 Å². The predicted octanol–water partition coefficient (Wildman–Crippen LogP) is 0.371. The topological polar surface area (TPSA) is 65.7 Å². The van der Waals surface area contributed by atoms with E-state index in [1.54, 1.807) is 11.8 Å². The molecule has 1 aliphatic rings. The van der Waals surface area contributed by atoms with Gasteiger partial charge in [0.05, 0.1) is 5.56 Å². The second-order valence-corrected chi connectivity index (χ2v) is 4.08.